The van der Waals surface area contributed by atoms with Crippen molar-refractivity contribution in [3.63, 3.8) is 0 Å². The third-order valence-electron chi connectivity index (χ3n) is 4.87. The van der Waals surface area contributed by atoms with Crippen molar-refractivity contribution in [1.29, 1.82) is 0 Å². The van der Waals surface area contributed by atoms with E-state index in [1.807, 2.05) is 85.1 Å². The number of rotatable bonds is 5. The second kappa shape index (κ2) is 8.59. The van der Waals surface area contributed by atoms with Gasteiger partial charge in [0.05, 0.1) is 11.2 Å². The van der Waals surface area contributed by atoms with Crippen LogP contribution in [-0.4, -0.2) is 10.5 Å². The maximum Gasteiger partial charge on any atom is 0.244 e. The van der Waals surface area contributed by atoms with Crippen molar-refractivity contribution < 1.29 is 4.79 Å². The molecule has 150 valence electrons. The fourth-order valence-electron chi connectivity index (χ4n) is 3.57. The second-order valence-electron chi connectivity index (χ2n) is 7.24. The molecule has 1 amide bonds. The minimum absolute atomic E-state index is 0.0243. The zero-order valence-corrected chi connectivity index (χ0v) is 17.7. The summed E-state index contributed by atoms with van der Waals surface area (Å²) < 4.78 is 1.83. The van der Waals surface area contributed by atoms with Crippen LogP contribution in [0.2, 0.25) is 0 Å². The normalized spacial score (nSPS) is 10.9. The van der Waals surface area contributed by atoms with Gasteiger partial charge in [0.25, 0.3) is 0 Å². The lowest BCUT2D eigenvalue weighted by Gasteiger charge is -2.14. The molecule has 1 aromatic heterocycles. The molecular weight excluding hydrogens is 392 g/mol. The van der Waals surface area contributed by atoms with Gasteiger partial charge in [-0.25, -0.2) is 0 Å². The maximum atomic E-state index is 12.9. The van der Waals surface area contributed by atoms with E-state index in [-0.39, 0.29) is 17.9 Å². The number of aryl methyl sites for hydroxylation is 2. The number of nitrogens with one attached hydrogen (secondary N) is 1. The van der Waals surface area contributed by atoms with Crippen LogP contribution in [0.4, 0.5) is 5.69 Å². The van der Waals surface area contributed by atoms with Crippen molar-refractivity contribution in [1.82, 2.24) is 4.57 Å². The summed E-state index contributed by atoms with van der Waals surface area (Å²) in [6.07, 6.45) is 1.69. The molecule has 0 aliphatic rings. The third kappa shape index (κ3) is 4.31. The standard InChI is InChI=1S/C25H22N2O2S/c1-17-14-18(2)25-21(15-17)27(13-12-22(25)28)16-24(29)26-20-10-6-7-11-23(20)30-19-8-4-3-5-9-19/h3-15H,16H2,1-2H3,(H,26,29). The van der Waals surface area contributed by atoms with Crippen LogP contribution in [0.15, 0.2) is 93.6 Å². The smallest absolute Gasteiger partial charge is 0.244 e. The quantitative estimate of drug-likeness (QED) is 0.475. The Bertz CT molecular complexity index is 1280. The molecule has 1 heterocycles. The molecule has 0 unspecified atom stereocenters. The number of hydrogen-bond donors (Lipinski definition) is 1. The molecule has 3 aromatic carbocycles. The zero-order chi connectivity index (χ0) is 21.1. The Morgan fingerprint density at radius 2 is 1.70 bits per heavy atom. The number of para-hydroxylation sites is 1. The first-order valence-corrected chi connectivity index (χ1v) is 10.5. The number of amides is 1. The molecule has 5 heteroatoms. The molecule has 0 atom stereocenters. The van der Waals surface area contributed by atoms with E-state index in [4.69, 9.17) is 0 Å². The number of nitrogens with zero attached hydrogens (tertiary/aromatic N) is 1. The second-order valence-corrected chi connectivity index (χ2v) is 8.36. The van der Waals surface area contributed by atoms with E-state index in [1.54, 1.807) is 18.0 Å². The van der Waals surface area contributed by atoms with Crippen molar-refractivity contribution in [2.75, 3.05) is 5.32 Å². The predicted octanol–water partition coefficient (Wildman–Crippen LogP) is 5.41. The number of carbonyl (C=O) groups is 1. The fourth-order valence-corrected chi connectivity index (χ4v) is 4.49. The van der Waals surface area contributed by atoms with E-state index in [1.165, 1.54) is 6.07 Å². The molecule has 4 nitrogen and oxygen atoms in total. The van der Waals surface area contributed by atoms with Crippen molar-refractivity contribution in [2.45, 2.75) is 30.2 Å². The predicted molar refractivity (Wildman–Crippen MR) is 123 cm³/mol. The van der Waals surface area contributed by atoms with Crippen LogP contribution < -0.4 is 10.7 Å². The van der Waals surface area contributed by atoms with Gasteiger partial charge in [0.1, 0.15) is 6.54 Å². The summed E-state index contributed by atoms with van der Waals surface area (Å²) >= 11 is 1.61. The maximum absolute atomic E-state index is 12.9. The zero-order valence-electron chi connectivity index (χ0n) is 16.9. The Morgan fingerprint density at radius 3 is 2.50 bits per heavy atom. The summed E-state index contributed by atoms with van der Waals surface area (Å²) in [5.41, 5.74) is 3.51. The summed E-state index contributed by atoms with van der Waals surface area (Å²) in [5.74, 6) is -0.139. The first-order chi connectivity index (χ1) is 14.5. The lowest BCUT2D eigenvalue weighted by atomic mass is 10.1. The number of benzene rings is 3. The van der Waals surface area contributed by atoms with Gasteiger partial charge in [0.2, 0.25) is 5.91 Å². The Morgan fingerprint density at radius 1 is 0.967 bits per heavy atom. The topological polar surface area (TPSA) is 51.1 Å². The Labute approximate surface area is 179 Å². The van der Waals surface area contributed by atoms with E-state index in [2.05, 4.69) is 5.32 Å². The monoisotopic (exact) mass is 414 g/mol. The number of hydrogen-bond acceptors (Lipinski definition) is 3. The SMILES string of the molecule is Cc1cc(C)c2c(=O)ccn(CC(=O)Nc3ccccc3Sc3ccccc3)c2c1. The summed E-state index contributed by atoms with van der Waals surface area (Å²) in [7, 11) is 0. The average molecular weight is 415 g/mol. The number of anilines is 1. The van der Waals surface area contributed by atoms with Gasteiger partial charge >= 0.3 is 0 Å². The molecular formula is C25H22N2O2S. The van der Waals surface area contributed by atoms with E-state index in [0.717, 1.165) is 32.1 Å². The van der Waals surface area contributed by atoms with Gasteiger partial charge in [-0.15, -0.1) is 0 Å². The molecule has 0 saturated heterocycles. The Balaban J connectivity index is 1.60. The van der Waals surface area contributed by atoms with Crippen molar-refractivity contribution >= 4 is 34.3 Å². The molecule has 4 rings (SSSR count). The number of pyridine rings is 1. The molecule has 0 spiro atoms. The molecule has 0 aliphatic heterocycles. The molecule has 0 saturated carbocycles. The highest BCUT2D eigenvalue weighted by molar-refractivity contribution is 7.99. The van der Waals surface area contributed by atoms with Gasteiger partial charge in [0.15, 0.2) is 5.43 Å². The molecule has 0 fully saturated rings. The first kappa shape index (κ1) is 20.0. The summed E-state index contributed by atoms with van der Waals surface area (Å²) in [6.45, 7) is 4.05. The van der Waals surface area contributed by atoms with Gasteiger partial charge in [-0.05, 0) is 55.3 Å². The highest BCUT2D eigenvalue weighted by Crippen LogP contribution is 2.33. The Kier molecular flexibility index (Phi) is 5.72. The van der Waals surface area contributed by atoms with Gasteiger partial charge in [-0.1, -0.05) is 48.2 Å². The van der Waals surface area contributed by atoms with Crippen LogP contribution in [0.3, 0.4) is 0 Å². The third-order valence-corrected chi connectivity index (χ3v) is 5.95. The highest BCUT2D eigenvalue weighted by Gasteiger charge is 2.12. The van der Waals surface area contributed by atoms with E-state index in [9.17, 15) is 9.59 Å². The van der Waals surface area contributed by atoms with Crippen LogP contribution >= 0.6 is 11.8 Å². The minimum Gasteiger partial charge on any atom is -0.338 e. The van der Waals surface area contributed by atoms with Crippen molar-refractivity contribution in [2.24, 2.45) is 0 Å². The number of fused-ring (bicyclic) bond motifs is 1. The Hall–Kier alpha value is -3.31. The average Bonchev–Trinajstić information content (AvgIpc) is 2.72. The van der Waals surface area contributed by atoms with E-state index >= 15 is 0 Å². The minimum atomic E-state index is -0.139. The largest absolute Gasteiger partial charge is 0.338 e. The van der Waals surface area contributed by atoms with E-state index < -0.39 is 0 Å². The highest BCUT2D eigenvalue weighted by atomic mass is 32.2. The number of aromatic nitrogens is 1. The molecule has 0 radical (unpaired) electrons. The first-order valence-electron chi connectivity index (χ1n) is 9.73. The lowest BCUT2D eigenvalue weighted by Crippen LogP contribution is -2.21. The van der Waals surface area contributed by atoms with Crippen LogP contribution in [0.1, 0.15) is 11.1 Å². The molecule has 4 aromatic rings. The fraction of sp³-hybridized carbons (Fsp3) is 0.120. The van der Waals surface area contributed by atoms with Crippen LogP contribution in [-0.2, 0) is 11.3 Å². The van der Waals surface area contributed by atoms with Gasteiger partial charge in [0, 0.05) is 27.4 Å². The molecule has 0 bridgehead atoms. The number of carbonyl (C=O) groups excluding carboxylic acids is 1. The van der Waals surface area contributed by atoms with Crippen molar-refractivity contribution in [3.05, 3.63) is 100 Å². The summed E-state index contributed by atoms with van der Waals surface area (Å²) in [5, 5.41) is 3.69. The summed E-state index contributed by atoms with van der Waals surface area (Å²) in [4.78, 5) is 27.3. The van der Waals surface area contributed by atoms with Crippen LogP contribution in [0.25, 0.3) is 10.9 Å². The van der Waals surface area contributed by atoms with Gasteiger partial charge < -0.3 is 9.88 Å². The summed E-state index contributed by atoms with van der Waals surface area (Å²) in [6, 6.07) is 23.3. The molecule has 1 N–H and O–H groups in total. The van der Waals surface area contributed by atoms with E-state index in [0.29, 0.717) is 5.39 Å². The molecule has 0 aliphatic carbocycles. The lowest BCUT2D eigenvalue weighted by molar-refractivity contribution is -0.116. The van der Waals surface area contributed by atoms with Gasteiger partial charge in [-0.3, -0.25) is 9.59 Å². The van der Waals surface area contributed by atoms with Crippen molar-refractivity contribution in [3.8, 4) is 0 Å². The van der Waals surface area contributed by atoms with Crippen LogP contribution in [0, 0.1) is 13.8 Å². The molecule has 30 heavy (non-hydrogen) atoms. The van der Waals surface area contributed by atoms with Gasteiger partial charge in [-0.2, -0.15) is 0 Å². The van der Waals surface area contributed by atoms with Crippen LogP contribution in [0.5, 0.6) is 0 Å².